The summed E-state index contributed by atoms with van der Waals surface area (Å²) in [6.45, 7) is 6.21. The monoisotopic (exact) mass is 801 g/mol. The second kappa shape index (κ2) is 45.5. The average Bonchev–Trinajstić information content (AvgIpc) is 3.22. The summed E-state index contributed by atoms with van der Waals surface area (Å²) < 4.78 is 16.6. The van der Waals surface area contributed by atoms with E-state index in [-0.39, 0.29) is 37.5 Å². The third-order valence-electron chi connectivity index (χ3n) is 8.84. The first-order valence-corrected chi connectivity index (χ1v) is 22.6. The smallest absolute Gasteiger partial charge is 0.306 e. The fourth-order valence-corrected chi connectivity index (χ4v) is 5.49. The summed E-state index contributed by atoms with van der Waals surface area (Å²) in [6, 6.07) is 0. The van der Waals surface area contributed by atoms with E-state index in [2.05, 4.69) is 81.5 Å². The number of ether oxygens (including phenoxy) is 3. The predicted octanol–water partition coefficient (Wildman–Crippen LogP) is 14.6. The summed E-state index contributed by atoms with van der Waals surface area (Å²) in [6.07, 6.45) is 61.8. The molecule has 0 radical (unpaired) electrons. The zero-order valence-electron chi connectivity index (χ0n) is 36.8. The van der Waals surface area contributed by atoms with Crippen molar-refractivity contribution in [1.82, 2.24) is 0 Å². The maximum Gasteiger partial charge on any atom is 0.306 e. The van der Waals surface area contributed by atoms with Gasteiger partial charge in [0.1, 0.15) is 13.2 Å². The van der Waals surface area contributed by atoms with E-state index in [1.807, 2.05) is 60.8 Å². The molecule has 1 unspecified atom stereocenters. The normalized spacial score (nSPS) is 13.2. The fourth-order valence-electron chi connectivity index (χ4n) is 5.49. The predicted molar refractivity (Wildman–Crippen MR) is 246 cm³/mol. The lowest BCUT2D eigenvalue weighted by atomic mass is 10.1. The van der Waals surface area contributed by atoms with Crippen molar-refractivity contribution in [2.24, 2.45) is 0 Å². The Bertz CT molecular complexity index is 1290. The van der Waals surface area contributed by atoms with Crippen LogP contribution in [0.5, 0.6) is 0 Å². The highest BCUT2D eigenvalue weighted by Crippen LogP contribution is 2.11. The Morgan fingerprint density at radius 3 is 1.36 bits per heavy atom. The van der Waals surface area contributed by atoms with Gasteiger partial charge in [0.15, 0.2) is 6.10 Å². The number of hydrogen-bond acceptors (Lipinski definition) is 6. The third-order valence-corrected chi connectivity index (χ3v) is 8.84. The molecule has 0 spiro atoms. The summed E-state index contributed by atoms with van der Waals surface area (Å²) in [7, 11) is 0. The Balaban J connectivity index is 4.57. The number of rotatable bonds is 38. The molecule has 0 saturated heterocycles. The zero-order valence-corrected chi connectivity index (χ0v) is 36.8. The highest BCUT2D eigenvalue weighted by molar-refractivity contribution is 5.71. The summed E-state index contributed by atoms with van der Waals surface area (Å²) >= 11 is 0. The summed E-state index contributed by atoms with van der Waals surface area (Å²) in [5.41, 5.74) is 0. The van der Waals surface area contributed by atoms with Crippen molar-refractivity contribution in [1.29, 1.82) is 0 Å². The maximum atomic E-state index is 12.7. The van der Waals surface area contributed by atoms with Crippen LogP contribution in [0, 0.1) is 0 Å². The van der Waals surface area contributed by atoms with Crippen LogP contribution in [0.15, 0.2) is 122 Å². The molecule has 6 nitrogen and oxygen atoms in total. The van der Waals surface area contributed by atoms with Gasteiger partial charge in [-0.25, -0.2) is 0 Å². The zero-order chi connectivity index (χ0) is 42.3. The van der Waals surface area contributed by atoms with Gasteiger partial charge in [0, 0.05) is 19.3 Å². The van der Waals surface area contributed by atoms with Gasteiger partial charge in [0.2, 0.25) is 0 Å². The van der Waals surface area contributed by atoms with E-state index in [0.717, 1.165) is 89.9 Å². The summed E-state index contributed by atoms with van der Waals surface area (Å²) in [4.78, 5) is 37.7. The van der Waals surface area contributed by atoms with Gasteiger partial charge in [-0.15, -0.1) is 0 Å². The number of esters is 3. The third kappa shape index (κ3) is 42.9. The van der Waals surface area contributed by atoms with Gasteiger partial charge in [-0.3, -0.25) is 14.4 Å². The van der Waals surface area contributed by atoms with E-state index in [0.29, 0.717) is 19.3 Å². The van der Waals surface area contributed by atoms with Crippen molar-refractivity contribution in [2.45, 2.75) is 175 Å². The minimum atomic E-state index is -0.822. The van der Waals surface area contributed by atoms with Crippen molar-refractivity contribution in [3.05, 3.63) is 122 Å². The summed E-state index contributed by atoms with van der Waals surface area (Å²) in [5, 5.41) is 0. The molecule has 6 heteroatoms. The van der Waals surface area contributed by atoms with E-state index in [1.165, 1.54) is 32.1 Å². The molecule has 0 aromatic heterocycles. The van der Waals surface area contributed by atoms with Crippen LogP contribution in [-0.4, -0.2) is 37.2 Å². The van der Waals surface area contributed by atoms with E-state index < -0.39 is 6.10 Å². The largest absolute Gasteiger partial charge is 0.462 e. The Hall–Kier alpha value is -4.19. The number of unbranched alkanes of at least 4 members (excludes halogenated alkanes) is 12. The first-order chi connectivity index (χ1) is 28.5. The lowest BCUT2D eigenvalue weighted by molar-refractivity contribution is -0.167. The molecule has 0 bridgehead atoms. The van der Waals surface area contributed by atoms with Crippen LogP contribution >= 0.6 is 0 Å². The minimum Gasteiger partial charge on any atom is -0.462 e. The quantitative estimate of drug-likeness (QED) is 0.0203. The van der Waals surface area contributed by atoms with Gasteiger partial charge in [0.25, 0.3) is 0 Å². The van der Waals surface area contributed by atoms with Crippen LogP contribution in [0.25, 0.3) is 0 Å². The fraction of sp³-hybridized carbons (Fsp3) is 0.558. The van der Waals surface area contributed by atoms with Crippen LogP contribution < -0.4 is 0 Å². The topological polar surface area (TPSA) is 78.9 Å². The van der Waals surface area contributed by atoms with Crippen molar-refractivity contribution in [3.8, 4) is 0 Å². The van der Waals surface area contributed by atoms with E-state index in [9.17, 15) is 14.4 Å². The molecule has 58 heavy (non-hydrogen) atoms. The SMILES string of the molecule is CC\C=C/C=C\C=C/C=C\C=C\C=C/CCCCCC(=O)OCC(COC(=O)CCC/C=C\C/C=C\C/C=C\CC)OC(=O)CCCCCCC/C=C\CCCCC. The molecular weight excluding hydrogens is 721 g/mol. The van der Waals surface area contributed by atoms with Crippen molar-refractivity contribution in [3.63, 3.8) is 0 Å². The van der Waals surface area contributed by atoms with Gasteiger partial charge in [-0.1, -0.05) is 181 Å². The van der Waals surface area contributed by atoms with Crippen molar-refractivity contribution < 1.29 is 28.6 Å². The highest BCUT2D eigenvalue weighted by Gasteiger charge is 2.19. The van der Waals surface area contributed by atoms with Gasteiger partial charge in [0.05, 0.1) is 0 Å². The molecule has 0 N–H and O–H groups in total. The first-order valence-electron chi connectivity index (χ1n) is 22.6. The highest BCUT2D eigenvalue weighted by atomic mass is 16.6. The standard InChI is InChI=1S/C52H80O6/c1-4-7-10-13-16-19-22-24-25-26-27-28-31-33-36-39-42-45-51(54)57-48-49(47-56-50(53)44-41-38-35-32-29-21-18-15-12-9-6-3)58-52(55)46-43-40-37-34-30-23-20-17-14-11-8-5-2/h7,9-10,12-13,16-22,24-28,31-32,35,49H,4-6,8,11,14-15,23,29-30,33-34,36-48H2,1-3H3/b10-7-,12-9-,16-13-,20-17-,21-18-,22-19-,25-24-,27-26+,31-28-,35-32-. The molecule has 0 aliphatic rings. The van der Waals surface area contributed by atoms with Gasteiger partial charge in [-0.2, -0.15) is 0 Å². The number of carbonyl (C=O) groups is 3. The molecule has 0 rings (SSSR count). The Kier molecular flexibility index (Phi) is 42.2. The molecule has 0 fully saturated rings. The van der Waals surface area contributed by atoms with Crippen LogP contribution in [0.4, 0.5) is 0 Å². The number of hydrogen-bond donors (Lipinski definition) is 0. The molecule has 0 aromatic carbocycles. The molecule has 0 amide bonds. The van der Waals surface area contributed by atoms with Crippen LogP contribution in [0.1, 0.15) is 168 Å². The Morgan fingerprint density at radius 2 is 0.776 bits per heavy atom. The second-order valence-electron chi connectivity index (χ2n) is 14.3. The van der Waals surface area contributed by atoms with Crippen LogP contribution in [0.3, 0.4) is 0 Å². The van der Waals surface area contributed by atoms with Crippen LogP contribution in [0.2, 0.25) is 0 Å². The molecule has 0 aromatic rings. The van der Waals surface area contributed by atoms with Crippen molar-refractivity contribution >= 4 is 17.9 Å². The van der Waals surface area contributed by atoms with Gasteiger partial charge < -0.3 is 14.2 Å². The average molecular weight is 801 g/mol. The van der Waals surface area contributed by atoms with E-state index in [1.54, 1.807) is 0 Å². The lowest BCUT2D eigenvalue weighted by Crippen LogP contribution is -2.30. The minimum absolute atomic E-state index is 0.124. The first kappa shape index (κ1) is 53.8. The lowest BCUT2D eigenvalue weighted by Gasteiger charge is -2.18. The molecule has 0 heterocycles. The summed E-state index contributed by atoms with van der Waals surface area (Å²) in [5.74, 6) is -1.04. The number of carbonyl (C=O) groups excluding carboxylic acids is 3. The molecule has 0 aliphatic heterocycles. The second-order valence-corrected chi connectivity index (χ2v) is 14.3. The van der Waals surface area contributed by atoms with Crippen LogP contribution in [-0.2, 0) is 28.6 Å². The van der Waals surface area contributed by atoms with E-state index in [4.69, 9.17) is 14.2 Å². The van der Waals surface area contributed by atoms with Crippen molar-refractivity contribution in [2.75, 3.05) is 13.2 Å². The Morgan fingerprint density at radius 1 is 0.379 bits per heavy atom. The molecule has 0 saturated carbocycles. The molecule has 1 atom stereocenters. The number of allylic oxidation sites excluding steroid dienone is 20. The maximum absolute atomic E-state index is 12.7. The van der Waals surface area contributed by atoms with E-state index >= 15 is 0 Å². The molecule has 324 valence electrons. The Labute approximate surface area is 354 Å². The molecule has 0 aliphatic carbocycles. The molecular formula is C52H80O6. The van der Waals surface area contributed by atoms with Gasteiger partial charge >= 0.3 is 17.9 Å². The van der Waals surface area contributed by atoms with Gasteiger partial charge in [-0.05, 0) is 89.9 Å².